The van der Waals surface area contributed by atoms with Crippen molar-refractivity contribution in [3.63, 3.8) is 0 Å². The van der Waals surface area contributed by atoms with Crippen molar-refractivity contribution in [3.05, 3.63) is 48.3 Å². The Bertz CT molecular complexity index is 489. The van der Waals surface area contributed by atoms with Gasteiger partial charge >= 0.3 is 0 Å². The molecule has 1 aromatic heterocycles. The summed E-state index contributed by atoms with van der Waals surface area (Å²) in [6.07, 6.45) is 1.11. The van der Waals surface area contributed by atoms with E-state index in [9.17, 15) is 8.78 Å². The zero-order chi connectivity index (χ0) is 13.2. The summed E-state index contributed by atoms with van der Waals surface area (Å²) in [6.45, 7) is 1.36. The van der Waals surface area contributed by atoms with Crippen LogP contribution in [0.5, 0.6) is 0 Å². The molecule has 2 rings (SSSR count). The van der Waals surface area contributed by atoms with E-state index >= 15 is 0 Å². The third-order valence-electron chi connectivity index (χ3n) is 2.79. The van der Waals surface area contributed by atoms with Crippen molar-refractivity contribution in [1.29, 1.82) is 0 Å². The van der Waals surface area contributed by atoms with Crippen LogP contribution in [-0.2, 0) is 6.42 Å². The van der Waals surface area contributed by atoms with Crippen LogP contribution in [-0.4, -0.2) is 21.7 Å². The zero-order valence-corrected chi connectivity index (χ0v) is 10.1. The van der Waals surface area contributed by atoms with E-state index in [1.165, 1.54) is 6.92 Å². The van der Waals surface area contributed by atoms with Gasteiger partial charge in [-0.15, -0.1) is 0 Å². The largest absolute Gasteiger partial charge is 0.320 e. The van der Waals surface area contributed by atoms with E-state index in [0.717, 1.165) is 11.3 Å². The second kappa shape index (κ2) is 4.86. The molecule has 1 unspecified atom stereocenters. The first-order chi connectivity index (χ1) is 8.49. The monoisotopic (exact) mass is 251 g/mol. The third kappa shape index (κ3) is 2.73. The SMILES string of the molecule is CC(N)(Cc1ccc(-n2cccn2)cc1)C(F)F. The molecule has 1 atom stereocenters. The highest BCUT2D eigenvalue weighted by Gasteiger charge is 2.30. The fourth-order valence-electron chi connectivity index (χ4n) is 1.71. The van der Waals surface area contributed by atoms with Gasteiger partial charge in [-0.1, -0.05) is 12.1 Å². The molecule has 0 bridgehead atoms. The summed E-state index contributed by atoms with van der Waals surface area (Å²) in [5.41, 5.74) is 5.74. The normalized spacial score (nSPS) is 14.7. The number of hydrogen-bond acceptors (Lipinski definition) is 2. The van der Waals surface area contributed by atoms with Gasteiger partial charge in [0.2, 0.25) is 0 Å². The maximum Gasteiger partial charge on any atom is 0.256 e. The number of hydrogen-bond donors (Lipinski definition) is 1. The summed E-state index contributed by atoms with van der Waals surface area (Å²) in [5, 5.41) is 4.09. The van der Waals surface area contributed by atoms with Crippen LogP contribution in [0, 0.1) is 0 Å². The van der Waals surface area contributed by atoms with Gasteiger partial charge in [-0.25, -0.2) is 13.5 Å². The molecule has 2 N–H and O–H groups in total. The molecule has 18 heavy (non-hydrogen) atoms. The Labute approximate surface area is 104 Å². The standard InChI is InChI=1S/C13H15F2N3/c1-13(16,12(14)15)9-10-3-5-11(6-4-10)18-8-2-7-17-18/h2-8,12H,9,16H2,1H3. The minimum atomic E-state index is -2.54. The van der Waals surface area contributed by atoms with Crippen LogP contribution in [0.3, 0.4) is 0 Å². The molecule has 0 aliphatic rings. The predicted octanol–water partition coefficient (Wildman–Crippen LogP) is 2.40. The Morgan fingerprint density at radius 3 is 2.50 bits per heavy atom. The fraction of sp³-hybridized carbons (Fsp3) is 0.308. The van der Waals surface area contributed by atoms with Gasteiger partial charge in [0, 0.05) is 12.4 Å². The van der Waals surface area contributed by atoms with Gasteiger partial charge in [-0.05, 0) is 37.1 Å². The van der Waals surface area contributed by atoms with Gasteiger partial charge in [0.1, 0.15) is 0 Å². The number of alkyl halides is 2. The van der Waals surface area contributed by atoms with E-state index in [0.29, 0.717) is 0 Å². The lowest BCUT2D eigenvalue weighted by atomic mass is 9.94. The van der Waals surface area contributed by atoms with E-state index in [-0.39, 0.29) is 6.42 Å². The van der Waals surface area contributed by atoms with Gasteiger partial charge in [0.25, 0.3) is 6.43 Å². The molecule has 0 aliphatic carbocycles. The van der Waals surface area contributed by atoms with E-state index < -0.39 is 12.0 Å². The molecular weight excluding hydrogens is 236 g/mol. The Kier molecular flexibility index (Phi) is 3.43. The molecule has 0 saturated carbocycles. The van der Waals surface area contributed by atoms with E-state index in [2.05, 4.69) is 5.10 Å². The molecule has 1 heterocycles. The molecule has 0 aliphatic heterocycles. The van der Waals surface area contributed by atoms with Crippen molar-refractivity contribution in [1.82, 2.24) is 9.78 Å². The highest BCUT2D eigenvalue weighted by Crippen LogP contribution is 2.19. The third-order valence-corrected chi connectivity index (χ3v) is 2.79. The lowest BCUT2D eigenvalue weighted by molar-refractivity contribution is 0.0639. The smallest absolute Gasteiger partial charge is 0.256 e. The first-order valence-corrected chi connectivity index (χ1v) is 5.65. The van der Waals surface area contributed by atoms with Gasteiger partial charge in [0.05, 0.1) is 11.2 Å². The summed E-state index contributed by atoms with van der Waals surface area (Å²) >= 11 is 0. The number of nitrogens with two attached hydrogens (primary N) is 1. The molecule has 1 aromatic carbocycles. The first kappa shape index (κ1) is 12.7. The van der Waals surface area contributed by atoms with Crippen molar-refractivity contribution in [2.24, 2.45) is 5.73 Å². The number of aromatic nitrogens is 2. The number of halogens is 2. The fourth-order valence-corrected chi connectivity index (χ4v) is 1.71. The molecule has 2 aromatic rings. The van der Waals surface area contributed by atoms with Crippen molar-refractivity contribution in [3.8, 4) is 5.69 Å². The Morgan fingerprint density at radius 2 is 2.00 bits per heavy atom. The van der Waals surface area contributed by atoms with Crippen LogP contribution >= 0.6 is 0 Å². The Morgan fingerprint density at radius 1 is 1.33 bits per heavy atom. The molecule has 3 nitrogen and oxygen atoms in total. The van der Waals surface area contributed by atoms with Crippen LogP contribution < -0.4 is 5.73 Å². The zero-order valence-electron chi connectivity index (χ0n) is 10.1. The van der Waals surface area contributed by atoms with Crippen LogP contribution in [0.4, 0.5) is 8.78 Å². The second-order valence-electron chi connectivity index (χ2n) is 4.60. The number of rotatable bonds is 4. The van der Waals surface area contributed by atoms with Gasteiger partial charge in [-0.2, -0.15) is 5.10 Å². The van der Waals surface area contributed by atoms with Crippen LogP contribution in [0.15, 0.2) is 42.7 Å². The van der Waals surface area contributed by atoms with Gasteiger partial charge in [-0.3, -0.25) is 0 Å². The van der Waals surface area contributed by atoms with E-state index in [4.69, 9.17) is 5.73 Å². The average molecular weight is 251 g/mol. The highest BCUT2D eigenvalue weighted by molar-refractivity contribution is 5.34. The first-order valence-electron chi connectivity index (χ1n) is 5.65. The van der Waals surface area contributed by atoms with Crippen molar-refractivity contribution in [2.75, 3.05) is 0 Å². The van der Waals surface area contributed by atoms with E-state index in [1.807, 2.05) is 24.4 Å². The summed E-state index contributed by atoms with van der Waals surface area (Å²) in [5.74, 6) is 0. The predicted molar refractivity (Wildman–Crippen MR) is 65.9 cm³/mol. The van der Waals surface area contributed by atoms with Crippen LogP contribution in [0.1, 0.15) is 12.5 Å². The van der Waals surface area contributed by atoms with Crippen LogP contribution in [0.2, 0.25) is 0 Å². The van der Waals surface area contributed by atoms with Gasteiger partial charge < -0.3 is 5.73 Å². The topological polar surface area (TPSA) is 43.8 Å². The molecule has 0 saturated heterocycles. The number of nitrogens with zero attached hydrogens (tertiary/aromatic N) is 2. The highest BCUT2D eigenvalue weighted by atomic mass is 19.3. The quantitative estimate of drug-likeness (QED) is 0.906. The lowest BCUT2D eigenvalue weighted by Crippen LogP contribution is -2.45. The number of benzene rings is 1. The molecule has 0 spiro atoms. The van der Waals surface area contributed by atoms with E-state index in [1.54, 1.807) is 23.0 Å². The Hall–Kier alpha value is -1.75. The molecule has 0 fully saturated rings. The molecule has 0 radical (unpaired) electrons. The summed E-state index contributed by atoms with van der Waals surface area (Å²) in [6, 6.07) is 9.09. The van der Waals surface area contributed by atoms with Gasteiger partial charge in [0.15, 0.2) is 0 Å². The van der Waals surface area contributed by atoms with Crippen molar-refractivity contribution in [2.45, 2.75) is 25.3 Å². The molecule has 0 amide bonds. The summed E-state index contributed by atoms with van der Waals surface area (Å²) < 4.78 is 27.0. The average Bonchev–Trinajstić information content (AvgIpc) is 2.83. The molecule has 5 heteroatoms. The summed E-state index contributed by atoms with van der Waals surface area (Å²) in [7, 11) is 0. The maximum atomic E-state index is 12.7. The minimum absolute atomic E-state index is 0.143. The molecule has 96 valence electrons. The van der Waals surface area contributed by atoms with Crippen LogP contribution in [0.25, 0.3) is 5.69 Å². The minimum Gasteiger partial charge on any atom is -0.320 e. The Balaban J connectivity index is 2.14. The summed E-state index contributed by atoms with van der Waals surface area (Å²) in [4.78, 5) is 0. The maximum absolute atomic E-state index is 12.7. The second-order valence-corrected chi connectivity index (χ2v) is 4.60. The lowest BCUT2D eigenvalue weighted by Gasteiger charge is -2.23. The molecular formula is C13H15F2N3. The van der Waals surface area contributed by atoms with Crippen molar-refractivity contribution < 1.29 is 8.78 Å². The van der Waals surface area contributed by atoms with Crippen molar-refractivity contribution >= 4 is 0 Å².